The first-order valence-corrected chi connectivity index (χ1v) is 6.73. The quantitative estimate of drug-likeness (QED) is 0.708. The summed E-state index contributed by atoms with van der Waals surface area (Å²) in [6.07, 6.45) is 1.73. The first kappa shape index (κ1) is 15.7. The van der Waals surface area contributed by atoms with Crippen molar-refractivity contribution in [2.24, 2.45) is 0 Å². The Labute approximate surface area is 115 Å². The lowest BCUT2D eigenvalue weighted by molar-refractivity contribution is -0.114. The van der Waals surface area contributed by atoms with Gasteiger partial charge in [-0.1, -0.05) is 31.5 Å². The topological polar surface area (TPSA) is 61.4 Å². The van der Waals surface area contributed by atoms with Crippen LogP contribution in [0, 0.1) is 0 Å². The molecule has 106 valence electrons. The van der Waals surface area contributed by atoms with E-state index in [1.807, 2.05) is 31.2 Å². The first-order valence-electron chi connectivity index (χ1n) is 6.73. The third-order valence-electron chi connectivity index (χ3n) is 2.94. The average molecular weight is 264 g/mol. The molecule has 0 bridgehead atoms. The van der Waals surface area contributed by atoms with Gasteiger partial charge in [-0.15, -0.1) is 0 Å². The van der Waals surface area contributed by atoms with Crippen LogP contribution in [-0.4, -0.2) is 23.2 Å². The van der Waals surface area contributed by atoms with Gasteiger partial charge in [0.25, 0.3) is 0 Å². The molecule has 0 heterocycles. The maximum atomic E-state index is 11.1. The van der Waals surface area contributed by atoms with Crippen LogP contribution in [-0.2, 0) is 11.3 Å². The highest BCUT2D eigenvalue weighted by Crippen LogP contribution is 2.15. The van der Waals surface area contributed by atoms with Crippen LogP contribution in [0.15, 0.2) is 24.3 Å². The van der Waals surface area contributed by atoms with Crippen LogP contribution in [0.2, 0.25) is 0 Å². The zero-order chi connectivity index (χ0) is 14.3. The zero-order valence-electron chi connectivity index (χ0n) is 12.0. The van der Waals surface area contributed by atoms with Gasteiger partial charge in [0.15, 0.2) is 0 Å². The van der Waals surface area contributed by atoms with Gasteiger partial charge in [-0.25, -0.2) is 0 Å². The maximum absolute atomic E-state index is 11.1. The van der Waals surface area contributed by atoms with E-state index < -0.39 is 5.60 Å². The van der Waals surface area contributed by atoms with E-state index in [9.17, 15) is 9.90 Å². The van der Waals surface area contributed by atoms with E-state index in [4.69, 9.17) is 0 Å². The Kier molecular flexibility index (Phi) is 5.99. The van der Waals surface area contributed by atoms with E-state index in [1.165, 1.54) is 6.92 Å². The summed E-state index contributed by atoms with van der Waals surface area (Å²) in [4.78, 5) is 11.1. The highest BCUT2D eigenvalue weighted by Gasteiger charge is 2.18. The molecule has 4 heteroatoms. The number of carbonyl (C=O) groups is 1. The molecule has 4 nitrogen and oxygen atoms in total. The molecule has 0 fully saturated rings. The SMILES string of the molecule is CCCC(C)(O)CNCc1ccccc1NC(C)=O. The van der Waals surface area contributed by atoms with E-state index in [1.54, 1.807) is 0 Å². The largest absolute Gasteiger partial charge is 0.389 e. The van der Waals surface area contributed by atoms with Crippen molar-refractivity contribution in [2.45, 2.75) is 45.8 Å². The van der Waals surface area contributed by atoms with Crippen molar-refractivity contribution in [2.75, 3.05) is 11.9 Å². The summed E-state index contributed by atoms with van der Waals surface area (Å²) in [5.41, 5.74) is 1.15. The molecule has 0 saturated heterocycles. The van der Waals surface area contributed by atoms with Crippen LogP contribution in [0.5, 0.6) is 0 Å². The first-order chi connectivity index (χ1) is 8.94. The van der Waals surface area contributed by atoms with Crippen LogP contribution < -0.4 is 10.6 Å². The summed E-state index contributed by atoms with van der Waals surface area (Å²) < 4.78 is 0. The van der Waals surface area contributed by atoms with E-state index >= 15 is 0 Å². The van der Waals surface area contributed by atoms with Crippen LogP contribution in [0.4, 0.5) is 5.69 Å². The Morgan fingerprint density at radius 1 is 1.37 bits per heavy atom. The molecule has 0 radical (unpaired) electrons. The molecule has 1 aromatic rings. The minimum absolute atomic E-state index is 0.0783. The normalized spacial score (nSPS) is 13.9. The van der Waals surface area contributed by atoms with Gasteiger partial charge >= 0.3 is 0 Å². The highest BCUT2D eigenvalue weighted by atomic mass is 16.3. The third kappa shape index (κ3) is 5.85. The Bertz CT molecular complexity index is 416. The van der Waals surface area contributed by atoms with Gasteiger partial charge in [0.2, 0.25) is 5.91 Å². The fraction of sp³-hybridized carbons (Fsp3) is 0.533. The lowest BCUT2D eigenvalue weighted by Gasteiger charge is -2.23. The summed E-state index contributed by atoms with van der Waals surface area (Å²) in [5.74, 6) is -0.0783. The Morgan fingerprint density at radius 3 is 2.68 bits per heavy atom. The van der Waals surface area contributed by atoms with E-state index in [0.717, 1.165) is 24.1 Å². The maximum Gasteiger partial charge on any atom is 0.221 e. The van der Waals surface area contributed by atoms with E-state index in [2.05, 4.69) is 17.6 Å². The van der Waals surface area contributed by atoms with Gasteiger partial charge in [0.05, 0.1) is 5.60 Å². The Morgan fingerprint density at radius 2 is 2.05 bits per heavy atom. The van der Waals surface area contributed by atoms with Crippen molar-refractivity contribution in [3.63, 3.8) is 0 Å². The summed E-state index contributed by atoms with van der Waals surface area (Å²) in [6.45, 7) is 6.55. The number of hydrogen-bond acceptors (Lipinski definition) is 3. The molecule has 0 saturated carbocycles. The van der Waals surface area contributed by atoms with Gasteiger partial charge in [-0.3, -0.25) is 4.79 Å². The molecule has 1 aromatic carbocycles. The minimum Gasteiger partial charge on any atom is -0.389 e. The molecule has 0 aromatic heterocycles. The molecule has 0 spiro atoms. The minimum atomic E-state index is -0.683. The summed E-state index contributed by atoms with van der Waals surface area (Å²) in [6, 6.07) is 7.67. The van der Waals surface area contributed by atoms with Gasteiger partial charge in [0.1, 0.15) is 0 Å². The van der Waals surface area contributed by atoms with Crippen molar-refractivity contribution in [3.05, 3.63) is 29.8 Å². The second-order valence-corrected chi connectivity index (χ2v) is 5.19. The van der Waals surface area contributed by atoms with Gasteiger partial charge in [0, 0.05) is 25.7 Å². The number of amides is 1. The zero-order valence-corrected chi connectivity index (χ0v) is 12.0. The molecule has 1 atom stereocenters. The molecule has 19 heavy (non-hydrogen) atoms. The number of anilines is 1. The fourth-order valence-corrected chi connectivity index (χ4v) is 2.08. The number of carbonyl (C=O) groups excluding carboxylic acids is 1. The molecular weight excluding hydrogens is 240 g/mol. The second kappa shape index (κ2) is 7.26. The standard InChI is InChI=1S/C15H24N2O2/c1-4-9-15(3,19)11-16-10-13-7-5-6-8-14(13)17-12(2)18/h5-8,16,19H,4,9-11H2,1-3H3,(H,17,18). The van der Waals surface area contributed by atoms with Crippen LogP contribution in [0.3, 0.4) is 0 Å². The molecule has 1 amide bonds. The van der Waals surface area contributed by atoms with Gasteiger partial charge in [-0.2, -0.15) is 0 Å². The second-order valence-electron chi connectivity index (χ2n) is 5.19. The van der Waals surface area contributed by atoms with Gasteiger partial charge in [-0.05, 0) is 25.0 Å². The Hall–Kier alpha value is -1.39. The fourth-order valence-electron chi connectivity index (χ4n) is 2.08. The number of benzene rings is 1. The monoisotopic (exact) mass is 264 g/mol. The van der Waals surface area contributed by atoms with Gasteiger partial charge < -0.3 is 15.7 Å². The number of aliphatic hydroxyl groups is 1. The van der Waals surface area contributed by atoms with Crippen molar-refractivity contribution in [1.82, 2.24) is 5.32 Å². The molecular formula is C15H24N2O2. The lowest BCUT2D eigenvalue weighted by atomic mass is 10.0. The van der Waals surface area contributed by atoms with E-state index in [0.29, 0.717) is 13.1 Å². The van der Waals surface area contributed by atoms with Crippen LogP contribution >= 0.6 is 0 Å². The molecule has 3 N–H and O–H groups in total. The van der Waals surface area contributed by atoms with Crippen molar-refractivity contribution in [3.8, 4) is 0 Å². The predicted octanol–water partition coefficient (Wildman–Crippen LogP) is 2.29. The van der Waals surface area contributed by atoms with Crippen molar-refractivity contribution >= 4 is 11.6 Å². The average Bonchev–Trinajstić information content (AvgIpc) is 2.30. The number of nitrogens with one attached hydrogen (secondary N) is 2. The molecule has 1 unspecified atom stereocenters. The number of hydrogen-bond donors (Lipinski definition) is 3. The Balaban J connectivity index is 2.55. The number of para-hydroxylation sites is 1. The summed E-state index contributed by atoms with van der Waals surface area (Å²) in [5, 5.41) is 16.1. The van der Waals surface area contributed by atoms with Crippen molar-refractivity contribution in [1.29, 1.82) is 0 Å². The van der Waals surface area contributed by atoms with Crippen molar-refractivity contribution < 1.29 is 9.90 Å². The lowest BCUT2D eigenvalue weighted by Crippen LogP contribution is -2.37. The van der Waals surface area contributed by atoms with Crippen LogP contribution in [0.1, 0.15) is 39.2 Å². The number of rotatable bonds is 7. The highest BCUT2D eigenvalue weighted by molar-refractivity contribution is 5.89. The molecule has 0 aliphatic rings. The van der Waals surface area contributed by atoms with Crippen LogP contribution in [0.25, 0.3) is 0 Å². The molecule has 1 rings (SSSR count). The third-order valence-corrected chi connectivity index (χ3v) is 2.94. The smallest absolute Gasteiger partial charge is 0.221 e. The van der Waals surface area contributed by atoms with E-state index in [-0.39, 0.29) is 5.91 Å². The predicted molar refractivity (Wildman–Crippen MR) is 78.0 cm³/mol. The molecule has 0 aliphatic heterocycles. The summed E-state index contributed by atoms with van der Waals surface area (Å²) in [7, 11) is 0. The summed E-state index contributed by atoms with van der Waals surface area (Å²) >= 11 is 0. The molecule has 0 aliphatic carbocycles.